The summed E-state index contributed by atoms with van der Waals surface area (Å²) in [6.45, 7) is 4.47. The lowest BCUT2D eigenvalue weighted by Gasteiger charge is -2.29. The summed E-state index contributed by atoms with van der Waals surface area (Å²) in [4.78, 5) is 4.84. The molecule has 7 aromatic carbocycles. The second-order valence-corrected chi connectivity index (χ2v) is 14.3. The SMILES string of the molecule is OC(CN(Cc1ccccc1)Cc1ccc(OC(CCc2ccccc2)CN(Cc2ccccc2)Cc2ccccc2)cc1)c1ccc2ccccc2c1. The predicted octanol–water partition coefficient (Wildman–Crippen LogP) is 10.7. The lowest BCUT2D eigenvalue weighted by atomic mass is 10.0. The quantitative estimate of drug-likeness (QED) is 0.0962. The van der Waals surface area contributed by atoms with Gasteiger partial charge < -0.3 is 9.84 Å². The summed E-state index contributed by atoms with van der Waals surface area (Å²) in [6.07, 6.45) is 1.24. The number of aliphatic hydroxyl groups excluding tert-OH is 1. The van der Waals surface area contributed by atoms with Gasteiger partial charge in [-0.25, -0.2) is 0 Å². The molecular weight excluding hydrogens is 661 g/mol. The van der Waals surface area contributed by atoms with E-state index < -0.39 is 6.10 Å². The molecule has 0 radical (unpaired) electrons. The van der Waals surface area contributed by atoms with Crippen molar-refractivity contribution in [2.24, 2.45) is 0 Å². The highest BCUT2D eigenvalue weighted by Gasteiger charge is 2.19. The van der Waals surface area contributed by atoms with E-state index >= 15 is 0 Å². The molecule has 4 heteroatoms. The standard InChI is InChI=1S/C50H50N2O2/c53-50(47-29-28-45-23-13-14-24-46(45)33-47)39-52(36-43-21-11-4-12-22-43)37-44-26-30-48(31-27-44)54-49(32-25-40-15-5-1-6-16-40)38-51(34-41-17-7-2-8-18-41)35-42-19-9-3-10-20-42/h1-24,26-31,33,49-50,53H,25,32,34-39H2. The largest absolute Gasteiger partial charge is 0.489 e. The van der Waals surface area contributed by atoms with E-state index in [9.17, 15) is 5.11 Å². The molecule has 0 aliphatic carbocycles. The van der Waals surface area contributed by atoms with Gasteiger partial charge in [-0.05, 0) is 75.2 Å². The van der Waals surface area contributed by atoms with Crippen molar-refractivity contribution in [3.05, 3.63) is 221 Å². The highest BCUT2D eigenvalue weighted by molar-refractivity contribution is 5.83. The molecule has 7 aromatic rings. The molecule has 0 heterocycles. The number of aryl methyl sites for hydroxylation is 1. The summed E-state index contributed by atoms with van der Waals surface area (Å²) in [5, 5.41) is 13.8. The average Bonchev–Trinajstić information content (AvgIpc) is 3.22. The van der Waals surface area contributed by atoms with Crippen LogP contribution in [0.4, 0.5) is 0 Å². The number of ether oxygens (including phenoxy) is 1. The molecule has 4 nitrogen and oxygen atoms in total. The molecule has 0 amide bonds. The Balaban J connectivity index is 1.07. The van der Waals surface area contributed by atoms with Crippen molar-refractivity contribution in [3.8, 4) is 5.75 Å². The Hall–Kier alpha value is -5.52. The number of benzene rings is 7. The van der Waals surface area contributed by atoms with Crippen LogP contribution >= 0.6 is 0 Å². The van der Waals surface area contributed by atoms with Gasteiger partial charge in [0, 0.05) is 39.3 Å². The van der Waals surface area contributed by atoms with Crippen LogP contribution in [0, 0.1) is 0 Å². The molecule has 272 valence electrons. The van der Waals surface area contributed by atoms with Crippen LogP contribution < -0.4 is 4.74 Å². The molecular formula is C50H50N2O2. The van der Waals surface area contributed by atoms with Crippen molar-refractivity contribution in [2.75, 3.05) is 13.1 Å². The van der Waals surface area contributed by atoms with E-state index in [0.717, 1.165) is 55.7 Å². The molecule has 1 N–H and O–H groups in total. The zero-order chi connectivity index (χ0) is 36.8. The van der Waals surface area contributed by atoms with Crippen molar-refractivity contribution >= 4 is 10.8 Å². The third-order valence-electron chi connectivity index (χ3n) is 10.0. The first kappa shape index (κ1) is 36.8. The lowest BCUT2D eigenvalue weighted by Crippen LogP contribution is -2.35. The molecule has 7 rings (SSSR count). The Morgan fingerprint density at radius 3 is 1.41 bits per heavy atom. The molecule has 54 heavy (non-hydrogen) atoms. The highest BCUT2D eigenvalue weighted by atomic mass is 16.5. The molecule has 2 unspecified atom stereocenters. The number of rotatable bonds is 18. The number of aliphatic hydroxyl groups is 1. The molecule has 0 aliphatic rings. The lowest BCUT2D eigenvalue weighted by molar-refractivity contribution is 0.105. The second-order valence-electron chi connectivity index (χ2n) is 14.3. The van der Waals surface area contributed by atoms with Crippen molar-refractivity contribution < 1.29 is 9.84 Å². The van der Waals surface area contributed by atoms with Gasteiger partial charge in [-0.15, -0.1) is 0 Å². The van der Waals surface area contributed by atoms with E-state index in [4.69, 9.17) is 4.74 Å². The summed E-state index contributed by atoms with van der Waals surface area (Å²) in [5.41, 5.74) is 7.25. The maximum atomic E-state index is 11.5. The zero-order valence-corrected chi connectivity index (χ0v) is 31.0. The number of nitrogens with zero attached hydrogens (tertiary/aromatic N) is 2. The van der Waals surface area contributed by atoms with Crippen LogP contribution in [0.2, 0.25) is 0 Å². The molecule has 0 bridgehead atoms. The second kappa shape index (κ2) is 19.0. The minimum absolute atomic E-state index is 0.00448. The van der Waals surface area contributed by atoms with Crippen LogP contribution in [0.3, 0.4) is 0 Å². The predicted molar refractivity (Wildman–Crippen MR) is 222 cm³/mol. The van der Waals surface area contributed by atoms with E-state index in [1.54, 1.807) is 0 Å². The minimum Gasteiger partial charge on any atom is -0.489 e. The third kappa shape index (κ3) is 11.0. The van der Waals surface area contributed by atoms with Gasteiger partial charge in [0.05, 0.1) is 6.10 Å². The van der Waals surface area contributed by atoms with Crippen LogP contribution in [0.25, 0.3) is 10.8 Å². The van der Waals surface area contributed by atoms with E-state index in [1.807, 2.05) is 18.2 Å². The highest BCUT2D eigenvalue weighted by Crippen LogP contribution is 2.24. The van der Waals surface area contributed by atoms with Gasteiger partial charge in [0.25, 0.3) is 0 Å². The fourth-order valence-electron chi connectivity index (χ4n) is 7.23. The Morgan fingerprint density at radius 1 is 0.426 bits per heavy atom. The first-order valence-corrected chi connectivity index (χ1v) is 19.2. The van der Waals surface area contributed by atoms with Crippen molar-refractivity contribution in [3.63, 3.8) is 0 Å². The van der Waals surface area contributed by atoms with Gasteiger partial charge in [-0.3, -0.25) is 9.80 Å². The van der Waals surface area contributed by atoms with Crippen LogP contribution in [0.5, 0.6) is 5.75 Å². The molecule has 0 saturated carbocycles. The fourth-order valence-corrected chi connectivity index (χ4v) is 7.23. The van der Waals surface area contributed by atoms with Crippen LogP contribution in [-0.4, -0.2) is 34.1 Å². The first-order chi connectivity index (χ1) is 26.6. The summed E-state index contributed by atoms with van der Waals surface area (Å²) in [7, 11) is 0. The van der Waals surface area contributed by atoms with E-state index in [-0.39, 0.29) is 6.10 Å². The van der Waals surface area contributed by atoms with Gasteiger partial charge in [0.2, 0.25) is 0 Å². The number of hydrogen-bond acceptors (Lipinski definition) is 4. The van der Waals surface area contributed by atoms with Crippen molar-refractivity contribution in [1.82, 2.24) is 9.80 Å². The fraction of sp³-hybridized carbons (Fsp3) is 0.200. The summed E-state index contributed by atoms with van der Waals surface area (Å²) >= 11 is 0. The van der Waals surface area contributed by atoms with Crippen LogP contribution in [-0.2, 0) is 32.6 Å². The normalized spacial score (nSPS) is 12.6. The maximum Gasteiger partial charge on any atom is 0.119 e. The number of fused-ring (bicyclic) bond motifs is 1. The summed E-state index contributed by atoms with van der Waals surface area (Å²) < 4.78 is 6.86. The van der Waals surface area contributed by atoms with E-state index in [2.05, 4.69) is 180 Å². The maximum absolute atomic E-state index is 11.5. The van der Waals surface area contributed by atoms with Crippen LogP contribution in [0.15, 0.2) is 188 Å². The van der Waals surface area contributed by atoms with Gasteiger partial charge >= 0.3 is 0 Å². The molecule has 0 saturated heterocycles. The van der Waals surface area contributed by atoms with Gasteiger partial charge in [-0.1, -0.05) is 170 Å². The third-order valence-corrected chi connectivity index (χ3v) is 10.0. The topological polar surface area (TPSA) is 35.9 Å². The molecule has 2 atom stereocenters. The van der Waals surface area contributed by atoms with Crippen molar-refractivity contribution in [1.29, 1.82) is 0 Å². The molecule has 0 spiro atoms. The summed E-state index contributed by atoms with van der Waals surface area (Å²) in [5.74, 6) is 0.877. The molecule has 0 aliphatic heterocycles. The Morgan fingerprint density at radius 2 is 0.870 bits per heavy atom. The van der Waals surface area contributed by atoms with E-state index in [1.165, 1.54) is 33.2 Å². The van der Waals surface area contributed by atoms with Gasteiger partial charge in [-0.2, -0.15) is 0 Å². The molecule has 0 fully saturated rings. The minimum atomic E-state index is -0.610. The van der Waals surface area contributed by atoms with Crippen LogP contribution in [0.1, 0.15) is 45.9 Å². The first-order valence-electron chi connectivity index (χ1n) is 19.2. The summed E-state index contributed by atoms with van der Waals surface area (Å²) in [6, 6.07) is 65.8. The zero-order valence-electron chi connectivity index (χ0n) is 31.0. The monoisotopic (exact) mass is 710 g/mol. The Labute approximate surface area is 320 Å². The Bertz CT molecular complexity index is 2080. The van der Waals surface area contributed by atoms with E-state index in [0.29, 0.717) is 13.1 Å². The van der Waals surface area contributed by atoms with Gasteiger partial charge in [0.1, 0.15) is 11.9 Å². The smallest absolute Gasteiger partial charge is 0.119 e. The Kier molecular flexibility index (Phi) is 13.0. The molecule has 0 aromatic heterocycles. The average molecular weight is 711 g/mol. The number of hydrogen-bond donors (Lipinski definition) is 1. The van der Waals surface area contributed by atoms with Crippen molar-refractivity contribution in [2.45, 2.75) is 51.2 Å². The van der Waals surface area contributed by atoms with Gasteiger partial charge in [0.15, 0.2) is 0 Å².